The Morgan fingerprint density at radius 3 is 2.72 bits per heavy atom. The Morgan fingerprint density at radius 2 is 1.96 bits per heavy atom. The van der Waals surface area contributed by atoms with Crippen LogP contribution in [0.3, 0.4) is 0 Å². The molecule has 1 heterocycles. The fraction of sp³-hybridized carbons (Fsp3) is 0.100. The summed E-state index contributed by atoms with van der Waals surface area (Å²) in [5.74, 6) is -0.857. The van der Waals surface area contributed by atoms with Gasteiger partial charge in [-0.15, -0.1) is 0 Å². The molecule has 0 aliphatic heterocycles. The Hall–Kier alpha value is -2.72. The van der Waals surface area contributed by atoms with Gasteiger partial charge in [-0.3, -0.25) is 4.79 Å². The topological polar surface area (TPSA) is 56.0 Å². The van der Waals surface area contributed by atoms with Crippen molar-refractivity contribution in [2.24, 2.45) is 5.73 Å². The van der Waals surface area contributed by atoms with Crippen LogP contribution >= 0.6 is 11.6 Å². The van der Waals surface area contributed by atoms with Crippen LogP contribution in [0.4, 0.5) is 4.39 Å². The van der Waals surface area contributed by atoms with Crippen LogP contribution in [-0.2, 0) is 6.42 Å². The van der Waals surface area contributed by atoms with Crippen LogP contribution in [0.25, 0.3) is 22.6 Å². The number of allylic oxidation sites excluding steroid dienone is 1. The number of aromatic nitrogens is 1. The third-order valence-electron chi connectivity index (χ3n) is 4.51. The number of hydrogen-bond acceptors (Lipinski definition) is 2. The van der Waals surface area contributed by atoms with Gasteiger partial charge in [-0.1, -0.05) is 35.9 Å². The van der Waals surface area contributed by atoms with E-state index in [4.69, 9.17) is 22.3 Å². The first-order valence-corrected chi connectivity index (χ1v) is 8.30. The van der Waals surface area contributed by atoms with E-state index >= 15 is 0 Å². The lowest BCUT2D eigenvalue weighted by molar-refractivity contribution is 0.100. The average molecular weight is 353 g/mol. The molecule has 0 fully saturated rings. The fourth-order valence-electron chi connectivity index (χ4n) is 3.38. The number of pyridine rings is 1. The zero-order valence-electron chi connectivity index (χ0n) is 13.2. The first-order chi connectivity index (χ1) is 12.1. The highest BCUT2D eigenvalue weighted by Gasteiger charge is 2.26. The van der Waals surface area contributed by atoms with Gasteiger partial charge in [-0.05, 0) is 48.3 Å². The van der Waals surface area contributed by atoms with Crippen molar-refractivity contribution in [3.63, 3.8) is 0 Å². The highest BCUT2D eigenvalue weighted by molar-refractivity contribution is 6.32. The molecule has 2 aromatic carbocycles. The van der Waals surface area contributed by atoms with Crippen LogP contribution in [0.15, 0.2) is 42.5 Å². The van der Waals surface area contributed by atoms with E-state index in [1.54, 1.807) is 18.2 Å². The van der Waals surface area contributed by atoms with Crippen LogP contribution in [0, 0.1) is 5.82 Å². The van der Waals surface area contributed by atoms with Gasteiger partial charge in [0.2, 0.25) is 5.91 Å². The van der Waals surface area contributed by atoms with Crippen molar-refractivity contribution in [1.29, 1.82) is 0 Å². The standard InChI is InChI=1S/C20H14ClFN2O/c21-15-5-3-6-16(22)14(15)10-11-8-9-13-18(20(23)25)12-4-1-2-7-17(12)24-19(11)13/h1-7,10H,8-9H2,(H2,23,25). The molecule has 1 amide bonds. The number of benzene rings is 2. The SMILES string of the molecule is NC(=O)c1c2c(nc3ccccc13)C(=Cc1c(F)cccc1Cl)CC2. The van der Waals surface area contributed by atoms with E-state index in [0.717, 1.165) is 16.5 Å². The molecular formula is C20H14ClFN2O. The third-order valence-corrected chi connectivity index (χ3v) is 4.84. The Labute approximate surface area is 148 Å². The van der Waals surface area contributed by atoms with Crippen molar-refractivity contribution in [2.75, 3.05) is 0 Å². The number of rotatable bonds is 2. The molecule has 124 valence electrons. The summed E-state index contributed by atoms with van der Waals surface area (Å²) in [5, 5.41) is 1.09. The molecule has 1 aromatic heterocycles. The van der Waals surface area contributed by atoms with Crippen LogP contribution in [0.1, 0.15) is 33.6 Å². The maximum atomic E-state index is 14.1. The zero-order chi connectivity index (χ0) is 17.6. The Kier molecular flexibility index (Phi) is 3.77. The monoisotopic (exact) mass is 352 g/mol. The van der Waals surface area contributed by atoms with E-state index < -0.39 is 5.91 Å². The van der Waals surface area contributed by atoms with Crippen LogP contribution in [0.5, 0.6) is 0 Å². The van der Waals surface area contributed by atoms with E-state index in [2.05, 4.69) is 0 Å². The largest absolute Gasteiger partial charge is 0.366 e. The molecule has 3 nitrogen and oxygen atoms in total. The van der Waals surface area contributed by atoms with Gasteiger partial charge < -0.3 is 5.73 Å². The smallest absolute Gasteiger partial charge is 0.249 e. The maximum Gasteiger partial charge on any atom is 0.249 e. The maximum absolute atomic E-state index is 14.1. The van der Waals surface area contributed by atoms with Gasteiger partial charge in [0.1, 0.15) is 5.82 Å². The molecule has 0 saturated heterocycles. The van der Waals surface area contributed by atoms with Crippen molar-refractivity contribution in [2.45, 2.75) is 12.8 Å². The molecule has 1 aliphatic rings. The third kappa shape index (κ3) is 2.59. The van der Waals surface area contributed by atoms with Gasteiger partial charge >= 0.3 is 0 Å². The van der Waals surface area contributed by atoms with E-state index in [-0.39, 0.29) is 5.82 Å². The second kappa shape index (κ2) is 5.97. The summed E-state index contributed by atoms with van der Waals surface area (Å²) < 4.78 is 14.1. The van der Waals surface area contributed by atoms with Crippen LogP contribution in [0.2, 0.25) is 5.02 Å². The van der Waals surface area contributed by atoms with Gasteiger partial charge in [0, 0.05) is 10.9 Å². The number of amides is 1. The number of fused-ring (bicyclic) bond motifs is 2. The number of para-hydroxylation sites is 1. The molecule has 1 aliphatic carbocycles. The second-order valence-corrected chi connectivity index (χ2v) is 6.41. The minimum Gasteiger partial charge on any atom is -0.366 e. The minimum atomic E-state index is -0.472. The highest BCUT2D eigenvalue weighted by atomic mass is 35.5. The molecule has 0 saturated carbocycles. The summed E-state index contributed by atoms with van der Waals surface area (Å²) in [7, 11) is 0. The molecule has 2 N–H and O–H groups in total. The number of primary amides is 1. The van der Waals surface area contributed by atoms with Crippen LogP contribution < -0.4 is 5.73 Å². The molecule has 5 heteroatoms. The predicted octanol–water partition coefficient (Wildman–Crippen LogP) is 4.61. The lowest BCUT2D eigenvalue weighted by Gasteiger charge is -2.10. The summed E-state index contributed by atoms with van der Waals surface area (Å²) >= 11 is 6.13. The Balaban J connectivity index is 1.97. The fourth-order valence-corrected chi connectivity index (χ4v) is 3.60. The number of hydrogen-bond donors (Lipinski definition) is 1. The first kappa shape index (κ1) is 15.8. The molecule has 25 heavy (non-hydrogen) atoms. The average Bonchev–Trinajstić information content (AvgIpc) is 2.98. The van der Waals surface area contributed by atoms with Crippen molar-refractivity contribution in [1.82, 2.24) is 4.98 Å². The highest BCUT2D eigenvalue weighted by Crippen LogP contribution is 2.38. The van der Waals surface area contributed by atoms with Gasteiger partial charge in [0.05, 0.1) is 21.8 Å². The van der Waals surface area contributed by atoms with Gasteiger partial charge in [0.15, 0.2) is 0 Å². The lowest BCUT2D eigenvalue weighted by atomic mass is 10.00. The molecule has 0 bridgehead atoms. The molecule has 0 atom stereocenters. The molecule has 4 rings (SSSR count). The van der Waals surface area contributed by atoms with Gasteiger partial charge in [0.25, 0.3) is 0 Å². The Morgan fingerprint density at radius 1 is 1.16 bits per heavy atom. The summed E-state index contributed by atoms with van der Waals surface area (Å²) in [6.45, 7) is 0. The van der Waals surface area contributed by atoms with E-state index in [1.807, 2.05) is 24.3 Å². The molecular weight excluding hydrogens is 339 g/mol. The molecule has 3 aromatic rings. The quantitative estimate of drug-likeness (QED) is 0.732. The molecule has 0 unspecified atom stereocenters. The summed E-state index contributed by atoms with van der Waals surface area (Å²) in [6, 6.07) is 12.0. The van der Waals surface area contributed by atoms with Crippen molar-refractivity contribution in [3.05, 3.63) is 75.7 Å². The zero-order valence-corrected chi connectivity index (χ0v) is 14.0. The lowest BCUT2D eigenvalue weighted by Crippen LogP contribution is -2.15. The van der Waals surface area contributed by atoms with E-state index in [0.29, 0.717) is 40.2 Å². The number of nitrogens with two attached hydrogens (primary N) is 1. The summed E-state index contributed by atoms with van der Waals surface area (Å²) in [6.07, 6.45) is 3.02. The van der Waals surface area contributed by atoms with E-state index in [9.17, 15) is 9.18 Å². The number of carbonyl (C=O) groups excluding carboxylic acids is 1. The molecule has 0 radical (unpaired) electrons. The summed E-state index contributed by atoms with van der Waals surface area (Å²) in [5.41, 5.74) is 9.55. The minimum absolute atomic E-state index is 0.336. The van der Waals surface area contributed by atoms with Gasteiger partial charge in [-0.2, -0.15) is 0 Å². The predicted molar refractivity (Wildman–Crippen MR) is 97.9 cm³/mol. The normalized spacial score (nSPS) is 14.9. The number of halogens is 2. The first-order valence-electron chi connectivity index (χ1n) is 7.92. The van der Waals surface area contributed by atoms with Crippen LogP contribution in [-0.4, -0.2) is 10.9 Å². The van der Waals surface area contributed by atoms with E-state index in [1.165, 1.54) is 6.07 Å². The van der Waals surface area contributed by atoms with Gasteiger partial charge in [-0.25, -0.2) is 9.37 Å². The Bertz CT molecular complexity index is 1040. The van der Waals surface area contributed by atoms with Crippen molar-refractivity contribution in [3.8, 4) is 0 Å². The number of nitrogens with zero attached hydrogens (tertiary/aromatic N) is 1. The van der Waals surface area contributed by atoms with Crippen molar-refractivity contribution < 1.29 is 9.18 Å². The molecule has 0 spiro atoms. The second-order valence-electron chi connectivity index (χ2n) is 6.00. The van der Waals surface area contributed by atoms with Crippen molar-refractivity contribution >= 4 is 40.1 Å². The summed E-state index contributed by atoms with van der Waals surface area (Å²) in [4.78, 5) is 16.7. The number of carbonyl (C=O) groups is 1.